The number of nitrogens with two attached hydrogens (primary N) is 1. The first-order chi connectivity index (χ1) is 5.11. The van der Waals surface area contributed by atoms with E-state index >= 15 is 0 Å². The fourth-order valence-corrected chi connectivity index (χ4v) is 0.815. The highest BCUT2D eigenvalue weighted by atomic mass is 16.4. The van der Waals surface area contributed by atoms with Crippen LogP contribution in [0.2, 0.25) is 0 Å². The second-order valence-corrected chi connectivity index (χ2v) is 2.33. The molecular weight excluding hydrogens is 143 g/mol. The van der Waals surface area contributed by atoms with Crippen LogP contribution >= 0.6 is 0 Å². The minimum absolute atomic E-state index is 0.297. The molecule has 0 fully saturated rings. The molecule has 0 aliphatic carbocycles. The normalized spacial score (nSPS) is 9.73. The summed E-state index contributed by atoms with van der Waals surface area (Å²) in [4.78, 5) is 3.87. The Labute approximate surface area is 64.8 Å². The van der Waals surface area contributed by atoms with Crippen LogP contribution in [0.4, 0.5) is 5.69 Å². The van der Waals surface area contributed by atoms with Crippen molar-refractivity contribution in [3.8, 4) is 0 Å². The highest BCUT2D eigenvalue weighted by Gasteiger charge is 2.14. The Morgan fingerprint density at radius 3 is 2.64 bits per heavy atom. The van der Waals surface area contributed by atoms with Gasteiger partial charge in [-0.25, -0.2) is 0 Å². The van der Waals surface area contributed by atoms with Gasteiger partial charge in [0.2, 0.25) is 0 Å². The number of hydrogen-bond acceptors (Lipinski definition) is 4. The molecule has 0 unspecified atom stereocenters. The van der Waals surface area contributed by atoms with Crippen LogP contribution in [0.15, 0.2) is 12.3 Å². The van der Waals surface area contributed by atoms with E-state index in [4.69, 9.17) is 15.8 Å². The van der Waals surface area contributed by atoms with Gasteiger partial charge in [-0.2, -0.15) is 0 Å². The van der Waals surface area contributed by atoms with Gasteiger partial charge in [0, 0.05) is 23.0 Å². The topological polar surface area (TPSA) is 79.4 Å². The average Bonchev–Trinajstić information content (AvgIpc) is 1.94. The molecule has 0 amide bonds. The van der Waals surface area contributed by atoms with E-state index in [1.54, 1.807) is 13.0 Å². The molecule has 0 saturated carbocycles. The fraction of sp³-hybridized carbons (Fsp3) is 0.167. The van der Waals surface area contributed by atoms with E-state index < -0.39 is 7.12 Å². The van der Waals surface area contributed by atoms with Crippen LogP contribution in [0.5, 0.6) is 0 Å². The van der Waals surface area contributed by atoms with Crippen LogP contribution < -0.4 is 11.2 Å². The highest BCUT2D eigenvalue weighted by molar-refractivity contribution is 6.60. The second-order valence-electron chi connectivity index (χ2n) is 2.33. The molecule has 1 aromatic heterocycles. The fourth-order valence-electron chi connectivity index (χ4n) is 0.815. The lowest BCUT2D eigenvalue weighted by Gasteiger charge is -2.03. The standard InChI is InChI=1S/C6H9BN2O2/c1-4-2-5(7(10)11)6(8)3-9-4/h2-3,10-11H,8H2,1H3. The van der Waals surface area contributed by atoms with Gasteiger partial charge in [0.15, 0.2) is 0 Å². The summed E-state index contributed by atoms with van der Waals surface area (Å²) in [5.41, 5.74) is 6.72. The number of aromatic nitrogens is 1. The first-order valence-corrected chi connectivity index (χ1v) is 3.19. The Kier molecular flexibility index (Phi) is 2.12. The Hall–Kier alpha value is -1.07. The van der Waals surface area contributed by atoms with Crippen LogP contribution in [0.3, 0.4) is 0 Å². The minimum atomic E-state index is -1.52. The molecule has 1 heterocycles. The Morgan fingerprint density at radius 1 is 1.55 bits per heavy atom. The van der Waals surface area contributed by atoms with Crippen LogP contribution in [0.1, 0.15) is 5.69 Å². The zero-order valence-corrected chi connectivity index (χ0v) is 6.15. The Morgan fingerprint density at radius 2 is 2.18 bits per heavy atom. The minimum Gasteiger partial charge on any atom is -0.423 e. The van der Waals surface area contributed by atoms with Gasteiger partial charge in [0.25, 0.3) is 0 Å². The maximum Gasteiger partial charge on any atom is 0.490 e. The van der Waals surface area contributed by atoms with Crippen molar-refractivity contribution in [3.63, 3.8) is 0 Å². The van der Waals surface area contributed by atoms with E-state index in [-0.39, 0.29) is 0 Å². The monoisotopic (exact) mass is 152 g/mol. The Bertz CT molecular complexity index is 265. The SMILES string of the molecule is Cc1cc(B(O)O)c(N)cn1. The summed E-state index contributed by atoms with van der Waals surface area (Å²) >= 11 is 0. The molecule has 0 aliphatic rings. The molecule has 4 N–H and O–H groups in total. The average molecular weight is 152 g/mol. The summed E-state index contributed by atoms with van der Waals surface area (Å²) in [5.74, 6) is 0. The molecule has 0 spiro atoms. The summed E-state index contributed by atoms with van der Waals surface area (Å²) in [7, 11) is -1.52. The summed E-state index contributed by atoms with van der Waals surface area (Å²) in [5, 5.41) is 17.6. The predicted molar refractivity (Wildman–Crippen MR) is 43.2 cm³/mol. The number of anilines is 1. The number of pyridine rings is 1. The number of nitrogen functional groups attached to an aromatic ring is 1. The van der Waals surface area contributed by atoms with Gasteiger partial charge in [-0.1, -0.05) is 0 Å². The summed E-state index contributed by atoms with van der Waals surface area (Å²) in [6.45, 7) is 1.76. The first-order valence-electron chi connectivity index (χ1n) is 3.19. The van der Waals surface area contributed by atoms with Crippen molar-refractivity contribution < 1.29 is 10.0 Å². The van der Waals surface area contributed by atoms with E-state index in [0.717, 1.165) is 0 Å². The zero-order valence-electron chi connectivity index (χ0n) is 6.15. The van der Waals surface area contributed by atoms with E-state index in [1.807, 2.05) is 0 Å². The first kappa shape index (κ1) is 8.04. The molecule has 1 aromatic rings. The highest BCUT2D eigenvalue weighted by Crippen LogP contribution is 1.97. The molecule has 0 radical (unpaired) electrons. The molecule has 0 aromatic carbocycles. The summed E-state index contributed by atoms with van der Waals surface area (Å²) in [6.07, 6.45) is 1.41. The van der Waals surface area contributed by atoms with Gasteiger partial charge < -0.3 is 15.8 Å². The lowest BCUT2D eigenvalue weighted by molar-refractivity contribution is 0.426. The van der Waals surface area contributed by atoms with Gasteiger partial charge in [-0.3, -0.25) is 4.98 Å². The third-order valence-corrected chi connectivity index (χ3v) is 1.38. The molecule has 1 rings (SSSR count). The zero-order chi connectivity index (χ0) is 8.43. The number of aryl methyl sites for hydroxylation is 1. The Balaban J connectivity index is 3.13. The molecule has 0 atom stereocenters. The van der Waals surface area contributed by atoms with Crippen molar-refractivity contribution in [1.82, 2.24) is 4.98 Å². The van der Waals surface area contributed by atoms with Gasteiger partial charge in [0.1, 0.15) is 0 Å². The lowest BCUT2D eigenvalue weighted by atomic mass is 9.79. The molecule has 5 heteroatoms. The van der Waals surface area contributed by atoms with Gasteiger partial charge in [-0.05, 0) is 13.0 Å². The summed E-state index contributed by atoms with van der Waals surface area (Å²) < 4.78 is 0. The number of rotatable bonds is 1. The molecule has 11 heavy (non-hydrogen) atoms. The van der Waals surface area contributed by atoms with Crippen molar-refractivity contribution in [3.05, 3.63) is 18.0 Å². The smallest absolute Gasteiger partial charge is 0.423 e. The van der Waals surface area contributed by atoms with Crippen molar-refractivity contribution in [2.75, 3.05) is 5.73 Å². The summed E-state index contributed by atoms with van der Waals surface area (Å²) in [6, 6.07) is 1.54. The number of hydrogen-bond donors (Lipinski definition) is 3. The maximum atomic E-state index is 8.78. The molecule has 58 valence electrons. The molecule has 0 bridgehead atoms. The van der Waals surface area contributed by atoms with Gasteiger partial charge in [-0.15, -0.1) is 0 Å². The third kappa shape index (κ3) is 1.69. The van der Waals surface area contributed by atoms with Gasteiger partial charge >= 0.3 is 7.12 Å². The number of nitrogens with zero attached hydrogens (tertiary/aromatic N) is 1. The third-order valence-electron chi connectivity index (χ3n) is 1.38. The van der Waals surface area contributed by atoms with Crippen LogP contribution in [-0.2, 0) is 0 Å². The molecule has 0 aliphatic heterocycles. The molecule has 0 saturated heterocycles. The van der Waals surface area contributed by atoms with Gasteiger partial charge in [0.05, 0.1) is 0 Å². The van der Waals surface area contributed by atoms with Crippen LogP contribution in [-0.4, -0.2) is 22.2 Å². The van der Waals surface area contributed by atoms with Crippen molar-refractivity contribution >= 4 is 18.3 Å². The maximum absolute atomic E-state index is 8.78. The van der Waals surface area contributed by atoms with Crippen LogP contribution in [0, 0.1) is 6.92 Å². The predicted octanol–water partition coefficient (Wildman–Crippen LogP) is -1.35. The van der Waals surface area contributed by atoms with Crippen LogP contribution in [0.25, 0.3) is 0 Å². The molecule has 4 nitrogen and oxygen atoms in total. The quantitative estimate of drug-likeness (QED) is 0.434. The van der Waals surface area contributed by atoms with E-state index in [1.165, 1.54) is 6.20 Å². The van der Waals surface area contributed by atoms with E-state index in [2.05, 4.69) is 4.98 Å². The van der Waals surface area contributed by atoms with Crippen molar-refractivity contribution in [2.24, 2.45) is 0 Å². The van der Waals surface area contributed by atoms with E-state index in [9.17, 15) is 0 Å². The molecular formula is C6H9BN2O2. The lowest BCUT2D eigenvalue weighted by Crippen LogP contribution is -2.32. The van der Waals surface area contributed by atoms with Crippen molar-refractivity contribution in [1.29, 1.82) is 0 Å². The van der Waals surface area contributed by atoms with Crippen molar-refractivity contribution in [2.45, 2.75) is 6.92 Å². The second kappa shape index (κ2) is 2.90. The largest absolute Gasteiger partial charge is 0.490 e. The van der Waals surface area contributed by atoms with E-state index in [0.29, 0.717) is 16.8 Å².